The lowest BCUT2D eigenvalue weighted by molar-refractivity contribution is -0.180. The number of aliphatic imine (C=N–C) groups is 1. The highest BCUT2D eigenvalue weighted by molar-refractivity contribution is 6.00. The minimum Gasteiger partial charge on any atom is -0.394 e. The number of primary amides is 3. The Balaban J connectivity index is 1.16. The number of aliphatic hydroxyl groups is 3. The Hall–Kier alpha value is -8.23. The minimum atomic E-state index is -2.08. The zero-order valence-electron chi connectivity index (χ0n) is 51.8. The Morgan fingerprint density at radius 1 is 0.696 bits per heavy atom. The van der Waals surface area contributed by atoms with Gasteiger partial charge in [0.1, 0.15) is 48.1 Å². The van der Waals surface area contributed by atoms with Crippen molar-refractivity contribution in [2.24, 2.45) is 33.8 Å². The van der Waals surface area contributed by atoms with Crippen LogP contribution < -0.4 is 81.4 Å². The quantitative estimate of drug-likeness (QED) is 0.0165. The number of nitrogens with two attached hydrogens (primary N) is 4. The summed E-state index contributed by atoms with van der Waals surface area (Å²) in [6, 6.07) is -12.7. The zero-order valence-corrected chi connectivity index (χ0v) is 51.8. The second kappa shape index (κ2) is 35.6. The summed E-state index contributed by atoms with van der Waals surface area (Å²) in [7, 11) is 1.59. The topological polar surface area (TPSA) is 578 Å². The van der Waals surface area contributed by atoms with E-state index in [1.54, 1.807) is 7.05 Å². The van der Waals surface area contributed by atoms with Crippen molar-refractivity contribution in [3.63, 3.8) is 0 Å². The van der Waals surface area contributed by atoms with Crippen molar-refractivity contribution in [3.05, 3.63) is 0 Å². The fourth-order valence-corrected chi connectivity index (χ4v) is 11.7. The largest absolute Gasteiger partial charge is 0.394 e. The van der Waals surface area contributed by atoms with Crippen LogP contribution in [0, 0.1) is 5.92 Å². The first kappa shape index (κ1) is 74.5. The predicted octanol–water partition coefficient (Wildman–Crippen LogP) is -10.3. The van der Waals surface area contributed by atoms with Gasteiger partial charge in [-0.25, -0.2) is 5.06 Å². The molecule has 37 heteroatoms. The van der Waals surface area contributed by atoms with Crippen LogP contribution in [0.15, 0.2) is 4.99 Å². The van der Waals surface area contributed by atoms with Gasteiger partial charge in [-0.2, -0.15) is 0 Å². The maximum absolute atomic E-state index is 14.2. The number of likely N-dealkylation sites (tertiary alicyclic amines) is 1. The molecule has 14 amide bonds. The summed E-state index contributed by atoms with van der Waals surface area (Å²) in [6.07, 6.45) is -2.05. The molecule has 0 spiro atoms. The Bertz CT molecular complexity index is 2740. The number of hydrogen-bond donors (Lipinski definition) is 19. The van der Waals surface area contributed by atoms with Gasteiger partial charge >= 0.3 is 0 Å². The van der Waals surface area contributed by atoms with Crippen molar-refractivity contribution < 1.29 is 87.7 Å². The first-order chi connectivity index (χ1) is 43.5. The molecule has 5 rings (SSSR count). The standard InChI is InChI=1S/C55H91N19O18/c1-26(49(85)70-32-8-6-18-72(3)55(32)91)64-52(88)34(25-75)71-51(87)31-13-16-60-46(67-31)29(9-10-40(57)78)68-54(90)37(22-42(59)80)74(92)45(83)24-62-44(82)23-63-50(86)30(7-4-5-15-56)69-48(84)27(2)65-53(89)35-14-17-61-47-33(66-43(81)12-11-41(58)79)19-28-20-38(76)39(77)21-36(28)73(35)47/h26-39,47,61,75-77,92H,4-25,56H2,1-3H3,(H2,57,78)(H2,58,79)(H2,59,80)(H,60,67)(H,62,82)(H,63,86)(H,64,88)(H,65,89)(H,66,81)(H,68,90)(H,69,84)(H,70,85)(H,71,87). The summed E-state index contributed by atoms with van der Waals surface area (Å²) in [5, 5.41) is 71.0. The fourth-order valence-electron chi connectivity index (χ4n) is 11.7. The van der Waals surface area contributed by atoms with Crippen LogP contribution in [-0.2, 0) is 67.1 Å². The van der Waals surface area contributed by atoms with E-state index in [1.807, 2.05) is 4.90 Å². The number of piperidine rings is 2. The van der Waals surface area contributed by atoms with Crippen LogP contribution in [0.2, 0.25) is 0 Å². The van der Waals surface area contributed by atoms with E-state index < -0.39 is 194 Å². The molecule has 92 heavy (non-hydrogen) atoms. The van der Waals surface area contributed by atoms with Gasteiger partial charge in [0, 0.05) is 45.4 Å². The van der Waals surface area contributed by atoms with Gasteiger partial charge < -0.3 is 96.3 Å². The first-order valence-corrected chi connectivity index (χ1v) is 30.8. The first-order valence-electron chi connectivity index (χ1n) is 30.8. The van der Waals surface area contributed by atoms with Gasteiger partial charge in [0.2, 0.25) is 76.8 Å². The maximum Gasteiger partial charge on any atom is 0.266 e. The van der Waals surface area contributed by atoms with Crippen molar-refractivity contribution in [1.29, 1.82) is 0 Å². The van der Waals surface area contributed by atoms with Gasteiger partial charge in [0.15, 0.2) is 0 Å². The Kier molecular flexibility index (Phi) is 28.8. The SMILES string of the molecule is CC(NC(=O)C(CO)NC(=O)C1CCNC(C(CCC(N)=O)NC(=O)C(CC(N)=O)N(O)C(=O)CNC(=O)CNC(=O)C(CCCCN)NC(=O)C(C)NC(=O)C2CCNC3C(NC(=O)CCC(N)=O)CC4CC(O)C(O)CC4N23)=N1)C(=O)NC1CCCN(C)C1=O. The van der Waals surface area contributed by atoms with E-state index in [2.05, 4.69) is 63.5 Å². The van der Waals surface area contributed by atoms with Crippen molar-refractivity contribution in [2.75, 3.05) is 52.9 Å². The number of unbranched alkanes of at least 4 members (excludes halogenated alkanes) is 1. The number of amidine groups is 1. The van der Waals surface area contributed by atoms with Crippen molar-refractivity contribution in [3.8, 4) is 0 Å². The molecule has 15 atom stereocenters. The molecule has 514 valence electrons. The molecular formula is C55H91N19O18. The molecule has 0 aromatic rings. The molecular weight excluding hydrogens is 1210 g/mol. The molecule has 4 aliphatic heterocycles. The summed E-state index contributed by atoms with van der Waals surface area (Å²) in [4.78, 5) is 190. The number of fused-ring (bicyclic) bond motifs is 3. The molecule has 4 heterocycles. The van der Waals surface area contributed by atoms with E-state index in [0.717, 1.165) is 0 Å². The molecule has 15 unspecified atom stereocenters. The van der Waals surface area contributed by atoms with Gasteiger partial charge in [-0.3, -0.25) is 87.5 Å². The number of carbonyl (C=O) groups excluding carboxylic acids is 14. The highest BCUT2D eigenvalue weighted by Crippen LogP contribution is 2.40. The minimum absolute atomic E-state index is 0.000998. The second-order valence-corrected chi connectivity index (χ2v) is 23.7. The van der Waals surface area contributed by atoms with Crippen LogP contribution in [-0.4, -0.2) is 262 Å². The summed E-state index contributed by atoms with van der Waals surface area (Å²) in [5.74, 6) is -12.2. The average molecular weight is 1310 g/mol. The monoisotopic (exact) mass is 1310 g/mol. The predicted molar refractivity (Wildman–Crippen MR) is 320 cm³/mol. The van der Waals surface area contributed by atoms with Crippen LogP contribution >= 0.6 is 0 Å². The molecule has 0 aromatic heterocycles. The van der Waals surface area contributed by atoms with Crippen LogP contribution in [0.4, 0.5) is 0 Å². The normalized spacial score (nSPS) is 24.8. The molecule has 5 aliphatic rings. The molecule has 37 nitrogen and oxygen atoms in total. The zero-order chi connectivity index (χ0) is 68.1. The van der Waals surface area contributed by atoms with E-state index in [1.165, 1.54) is 18.7 Å². The number of carbonyl (C=O) groups is 14. The third-order valence-electron chi connectivity index (χ3n) is 16.7. The van der Waals surface area contributed by atoms with Crippen LogP contribution in [0.3, 0.4) is 0 Å². The van der Waals surface area contributed by atoms with Gasteiger partial charge in [0.05, 0.1) is 62.6 Å². The Morgan fingerprint density at radius 3 is 2.07 bits per heavy atom. The molecule has 23 N–H and O–H groups in total. The molecule has 0 bridgehead atoms. The highest BCUT2D eigenvalue weighted by atomic mass is 16.5. The fraction of sp³-hybridized carbons (Fsp3) is 0.727. The molecule has 0 radical (unpaired) electrons. The molecule has 4 fully saturated rings. The molecule has 1 aliphatic carbocycles. The van der Waals surface area contributed by atoms with Crippen LogP contribution in [0.25, 0.3) is 0 Å². The van der Waals surface area contributed by atoms with Crippen molar-refractivity contribution in [1.82, 2.24) is 73.3 Å². The Labute approximate surface area is 529 Å². The third-order valence-corrected chi connectivity index (χ3v) is 16.7. The number of likely N-dealkylation sites (N-methyl/N-ethyl adjacent to an activating group) is 1. The van der Waals surface area contributed by atoms with Gasteiger partial charge in [-0.15, -0.1) is 0 Å². The highest BCUT2D eigenvalue weighted by Gasteiger charge is 2.53. The third kappa shape index (κ3) is 21.7. The summed E-state index contributed by atoms with van der Waals surface area (Å²) < 4.78 is 0. The number of nitrogens with one attached hydrogen (secondary N) is 11. The number of hydrogen-bond acceptors (Lipinski definition) is 23. The second-order valence-electron chi connectivity index (χ2n) is 23.7. The molecule has 1 saturated carbocycles. The van der Waals surface area contributed by atoms with Crippen LogP contribution in [0.1, 0.15) is 110 Å². The summed E-state index contributed by atoms with van der Waals surface area (Å²) >= 11 is 0. The number of rotatable bonds is 33. The molecule has 0 aromatic carbocycles. The van der Waals surface area contributed by atoms with Gasteiger partial charge in [-0.1, -0.05) is 0 Å². The number of aliphatic hydroxyl groups excluding tert-OH is 3. The van der Waals surface area contributed by atoms with E-state index in [-0.39, 0.29) is 87.2 Å². The number of nitrogens with zero attached hydrogens (tertiary/aromatic N) is 4. The summed E-state index contributed by atoms with van der Waals surface area (Å²) in [5.41, 5.74) is 21.7. The Morgan fingerprint density at radius 2 is 1.39 bits per heavy atom. The maximum atomic E-state index is 14.2. The molecule has 3 saturated heterocycles. The van der Waals surface area contributed by atoms with E-state index in [9.17, 15) is 87.7 Å². The van der Waals surface area contributed by atoms with Crippen molar-refractivity contribution in [2.45, 2.75) is 195 Å². The van der Waals surface area contributed by atoms with Crippen LogP contribution in [0.5, 0.6) is 0 Å². The lowest BCUT2D eigenvalue weighted by Gasteiger charge is -2.57. The van der Waals surface area contributed by atoms with E-state index >= 15 is 0 Å². The van der Waals surface area contributed by atoms with E-state index in [4.69, 9.17) is 22.9 Å². The lowest BCUT2D eigenvalue weighted by atomic mass is 9.72. The summed E-state index contributed by atoms with van der Waals surface area (Å²) in [6.45, 7) is 1.07. The van der Waals surface area contributed by atoms with E-state index in [0.29, 0.717) is 45.2 Å². The lowest BCUT2D eigenvalue weighted by Crippen LogP contribution is -2.75. The number of hydroxylamine groups is 2. The smallest absolute Gasteiger partial charge is 0.266 e. The van der Waals surface area contributed by atoms with Crippen molar-refractivity contribution >= 4 is 88.5 Å². The van der Waals surface area contributed by atoms with Gasteiger partial charge in [-0.05, 0) is 103 Å². The average Bonchev–Trinajstić information content (AvgIpc) is 0.753. The van der Waals surface area contributed by atoms with Gasteiger partial charge in [0.25, 0.3) is 5.91 Å². The number of amides is 14.